The third-order valence-corrected chi connectivity index (χ3v) is 4.96. The Bertz CT molecular complexity index is 1110. The number of aliphatic hydroxyl groups excluding tert-OH is 1. The van der Waals surface area contributed by atoms with Crippen LogP contribution in [0.1, 0.15) is 24.0 Å². The fraction of sp³-hybridized carbons (Fsp3) is 0.368. The lowest BCUT2D eigenvalue weighted by Crippen LogP contribution is -2.39. The molecule has 1 aromatic carbocycles. The molecule has 144 valence electrons. The van der Waals surface area contributed by atoms with Gasteiger partial charge in [-0.05, 0) is 31.0 Å². The summed E-state index contributed by atoms with van der Waals surface area (Å²) in [5.74, 6) is 0.0772. The zero-order valence-electron chi connectivity index (χ0n) is 15.6. The minimum absolute atomic E-state index is 0.0772. The first-order valence-electron chi connectivity index (χ1n) is 8.81. The van der Waals surface area contributed by atoms with Gasteiger partial charge >= 0.3 is 5.69 Å². The molecule has 1 saturated heterocycles. The predicted octanol–water partition coefficient (Wildman–Crippen LogP) is 0.532. The van der Waals surface area contributed by atoms with E-state index in [1.54, 1.807) is 18.2 Å². The van der Waals surface area contributed by atoms with Crippen LogP contribution in [0.4, 0.5) is 17.2 Å². The molecule has 0 bridgehead atoms. The highest BCUT2D eigenvalue weighted by molar-refractivity contribution is 5.70. The van der Waals surface area contributed by atoms with Crippen molar-refractivity contribution in [2.24, 2.45) is 14.1 Å². The smallest absolute Gasteiger partial charge is 0.332 e. The first-order chi connectivity index (χ1) is 13.4. The van der Waals surface area contributed by atoms with Crippen LogP contribution in [0.3, 0.4) is 0 Å². The zero-order valence-corrected chi connectivity index (χ0v) is 15.6. The van der Waals surface area contributed by atoms with Gasteiger partial charge in [0.25, 0.3) is 5.56 Å². The second-order valence-corrected chi connectivity index (χ2v) is 6.73. The van der Waals surface area contributed by atoms with Gasteiger partial charge in [0.1, 0.15) is 18.0 Å². The fourth-order valence-electron chi connectivity index (χ4n) is 3.31. The molecule has 3 rings (SSSR count). The molecule has 0 amide bonds. The van der Waals surface area contributed by atoms with E-state index >= 15 is 0 Å². The van der Waals surface area contributed by atoms with Gasteiger partial charge in [-0.2, -0.15) is 10.5 Å². The number of hydrogen-bond donors (Lipinski definition) is 2. The van der Waals surface area contributed by atoms with Crippen LogP contribution in [-0.2, 0) is 14.1 Å². The maximum absolute atomic E-state index is 12.2. The second-order valence-electron chi connectivity index (χ2n) is 6.73. The van der Waals surface area contributed by atoms with Gasteiger partial charge < -0.3 is 15.3 Å². The summed E-state index contributed by atoms with van der Waals surface area (Å²) in [6, 6.07) is 9.12. The van der Waals surface area contributed by atoms with Gasteiger partial charge in [-0.25, -0.2) is 4.79 Å². The number of hydrogen-bond acceptors (Lipinski definition) is 7. The Balaban J connectivity index is 1.99. The molecule has 1 aliphatic rings. The molecule has 2 heterocycles. The minimum atomic E-state index is -0.683. The summed E-state index contributed by atoms with van der Waals surface area (Å²) >= 11 is 0. The van der Waals surface area contributed by atoms with E-state index in [1.807, 2.05) is 11.0 Å². The highest BCUT2D eigenvalue weighted by Gasteiger charge is 2.20. The van der Waals surface area contributed by atoms with Crippen molar-refractivity contribution in [3.8, 4) is 12.1 Å². The van der Waals surface area contributed by atoms with Crippen LogP contribution >= 0.6 is 0 Å². The van der Waals surface area contributed by atoms with E-state index in [0.717, 1.165) is 10.3 Å². The summed E-state index contributed by atoms with van der Waals surface area (Å²) in [6.07, 6.45) is 0.978. The number of benzene rings is 1. The van der Waals surface area contributed by atoms with E-state index in [-0.39, 0.29) is 17.5 Å². The van der Waals surface area contributed by atoms with Crippen LogP contribution in [0.25, 0.3) is 0 Å². The quantitative estimate of drug-likeness (QED) is 0.795. The summed E-state index contributed by atoms with van der Waals surface area (Å²) in [7, 11) is 2.77. The van der Waals surface area contributed by atoms with Crippen LogP contribution in [0, 0.1) is 22.7 Å². The predicted molar refractivity (Wildman–Crippen MR) is 104 cm³/mol. The summed E-state index contributed by atoms with van der Waals surface area (Å²) in [5.41, 5.74) is 0.244. The van der Waals surface area contributed by atoms with Gasteiger partial charge in [0, 0.05) is 32.9 Å². The molecule has 28 heavy (non-hydrogen) atoms. The van der Waals surface area contributed by atoms with E-state index in [2.05, 4.69) is 11.4 Å². The number of rotatable bonds is 3. The monoisotopic (exact) mass is 380 g/mol. The number of piperidine rings is 1. The first kappa shape index (κ1) is 19.2. The number of anilines is 3. The van der Waals surface area contributed by atoms with Crippen molar-refractivity contribution < 1.29 is 5.11 Å². The van der Waals surface area contributed by atoms with Crippen molar-refractivity contribution in [2.75, 3.05) is 23.3 Å². The Morgan fingerprint density at radius 2 is 1.79 bits per heavy atom. The molecular weight excluding hydrogens is 360 g/mol. The standard InChI is InChI=1S/C19H20N6O3/c1-23-17(15(11-21)18(27)24(2)19(23)28)22-13-3-4-16(12(9-13)10-20)25-7-5-14(26)6-8-25/h3-4,9,14,22,26H,5-8H2,1-2H3. The average molecular weight is 380 g/mol. The molecule has 0 radical (unpaired) electrons. The number of aliphatic hydroxyl groups is 1. The highest BCUT2D eigenvalue weighted by Crippen LogP contribution is 2.28. The molecular formula is C19H20N6O3. The lowest BCUT2D eigenvalue weighted by atomic mass is 10.0. The molecule has 1 aromatic heterocycles. The van der Waals surface area contributed by atoms with Gasteiger partial charge in [0.05, 0.1) is 17.4 Å². The third-order valence-electron chi connectivity index (χ3n) is 4.96. The molecule has 1 aliphatic heterocycles. The second kappa shape index (κ2) is 7.59. The summed E-state index contributed by atoms with van der Waals surface area (Å²) in [5, 5.41) is 31.5. The Morgan fingerprint density at radius 3 is 2.39 bits per heavy atom. The number of aromatic nitrogens is 2. The van der Waals surface area contributed by atoms with Crippen molar-refractivity contribution in [3.05, 3.63) is 50.2 Å². The summed E-state index contributed by atoms with van der Waals surface area (Å²) in [4.78, 5) is 26.4. The minimum Gasteiger partial charge on any atom is -0.393 e. The van der Waals surface area contributed by atoms with E-state index < -0.39 is 11.2 Å². The Morgan fingerprint density at radius 1 is 1.11 bits per heavy atom. The molecule has 0 aliphatic carbocycles. The maximum Gasteiger partial charge on any atom is 0.332 e. The molecule has 0 atom stereocenters. The molecule has 9 nitrogen and oxygen atoms in total. The van der Waals surface area contributed by atoms with Crippen molar-refractivity contribution in [3.63, 3.8) is 0 Å². The Labute approximate surface area is 161 Å². The van der Waals surface area contributed by atoms with Gasteiger partial charge in [0.2, 0.25) is 0 Å². The Kier molecular flexibility index (Phi) is 5.21. The normalized spacial score (nSPS) is 14.4. The maximum atomic E-state index is 12.2. The molecule has 0 saturated carbocycles. The zero-order chi connectivity index (χ0) is 20.4. The molecule has 2 aromatic rings. The van der Waals surface area contributed by atoms with Gasteiger partial charge in [-0.3, -0.25) is 13.9 Å². The molecule has 0 spiro atoms. The summed E-state index contributed by atoms with van der Waals surface area (Å²) in [6.45, 7) is 1.31. The Hall–Kier alpha value is -3.56. The first-order valence-corrected chi connectivity index (χ1v) is 8.81. The molecule has 0 unspecified atom stereocenters. The molecule has 1 fully saturated rings. The van der Waals surface area contributed by atoms with E-state index in [1.165, 1.54) is 18.7 Å². The van der Waals surface area contributed by atoms with Crippen molar-refractivity contribution in [1.82, 2.24) is 9.13 Å². The van der Waals surface area contributed by atoms with Crippen LogP contribution in [0.5, 0.6) is 0 Å². The molecule has 9 heteroatoms. The van der Waals surface area contributed by atoms with Crippen molar-refractivity contribution >= 4 is 17.2 Å². The van der Waals surface area contributed by atoms with Crippen LogP contribution in [-0.4, -0.2) is 33.4 Å². The third kappa shape index (κ3) is 3.36. The van der Waals surface area contributed by atoms with Crippen molar-refractivity contribution in [1.29, 1.82) is 10.5 Å². The van der Waals surface area contributed by atoms with Gasteiger partial charge in [-0.15, -0.1) is 0 Å². The SMILES string of the molecule is Cn1c(Nc2ccc(N3CCC(O)CC3)c(C#N)c2)c(C#N)c(=O)n(C)c1=O. The van der Waals surface area contributed by atoms with E-state index in [4.69, 9.17) is 0 Å². The van der Waals surface area contributed by atoms with Crippen LogP contribution in [0.2, 0.25) is 0 Å². The highest BCUT2D eigenvalue weighted by atomic mass is 16.3. The largest absolute Gasteiger partial charge is 0.393 e. The van der Waals surface area contributed by atoms with Crippen LogP contribution < -0.4 is 21.5 Å². The van der Waals surface area contributed by atoms with Gasteiger partial charge in [0.15, 0.2) is 5.56 Å². The summed E-state index contributed by atoms with van der Waals surface area (Å²) < 4.78 is 2.06. The number of nitrogens with zero attached hydrogens (tertiary/aromatic N) is 5. The van der Waals surface area contributed by atoms with E-state index in [9.17, 15) is 25.2 Å². The van der Waals surface area contributed by atoms with Gasteiger partial charge in [-0.1, -0.05) is 0 Å². The number of nitriles is 2. The molecule has 2 N–H and O–H groups in total. The lowest BCUT2D eigenvalue weighted by Gasteiger charge is -2.32. The average Bonchev–Trinajstić information content (AvgIpc) is 2.71. The fourth-order valence-corrected chi connectivity index (χ4v) is 3.31. The van der Waals surface area contributed by atoms with Crippen molar-refractivity contribution in [2.45, 2.75) is 18.9 Å². The number of nitrogens with one attached hydrogen (secondary N) is 1. The lowest BCUT2D eigenvalue weighted by molar-refractivity contribution is 0.145. The van der Waals surface area contributed by atoms with E-state index in [0.29, 0.717) is 37.2 Å². The topological polar surface area (TPSA) is 127 Å². The van der Waals surface area contributed by atoms with Crippen LogP contribution in [0.15, 0.2) is 27.8 Å².